The van der Waals surface area contributed by atoms with Crippen LogP contribution in [0.2, 0.25) is 0 Å². The van der Waals surface area contributed by atoms with Crippen LogP contribution in [0.3, 0.4) is 0 Å². The number of aliphatic hydroxyl groups excluding tert-OH is 1. The molecule has 0 aromatic carbocycles. The Hall–Kier alpha value is -0.810. The molecule has 5 heteroatoms. The summed E-state index contributed by atoms with van der Waals surface area (Å²) in [6.07, 6.45) is 0.479. The minimum absolute atomic E-state index is 0.00383. The Morgan fingerprint density at radius 3 is 2.48 bits per heavy atom. The fraction of sp³-hybridized carbons (Fsp3) is 0.944. The molecule has 1 unspecified atom stereocenters. The first-order valence-electron chi connectivity index (χ1n) is 8.75. The second kappa shape index (κ2) is 4.85. The molecule has 1 saturated heterocycles. The number of hydrogen-bond donors (Lipinski definition) is 1. The van der Waals surface area contributed by atoms with Crippen LogP contribution in [0.4, 0.5) is 4.79 Å². The molecule has 2 aliphatic carbocycles. The number of fused-ring (bicyclic) bond motifs is 5. The van der Waals surface area contributed by atoms with Crippen LogP contribution in [0, 0.1) is 16.7 Å². The summed E-state index contributed by atoms with van der Waals surface area (Å²) in [4.78, 5) is 14.6. The summed E-state index contributed by atoms with van der Waals surface area (Å²) >= 11 is 0. The highest BCUT2D eigenvalue weighted by Gasteiger charge is 2.72. The first-order valence-corrected chi connectivity index (χ1v) is 8.75. The molecule has 0 radical (unpaired) electrons. The van der Waals surface area contributed by atoms with Gasteiger partial charge < -0.3 is 14.6 Å². The zero-order valence-corrected chi connectivity index (χ0v) is 15.4. The van der Waals surface area contributed by atoms with Crippen molar-refractivity contribution >= 4 is 6.09 Å². The van der Waals surface area contributed by atoms with E-state index in [0.29, 0.717) is 5.92 Å². The fourth-order valence-electron chi connectivity index (χ4n) is 5.15. The van der Waals surface area contributed by atoms with E-state index >= 15 is 0 Å². The van der Waals surface area contributed by atoms with Crippen molar-refractivity contribution in [1.82, 2.24) is 4.90 Å². The van der Waals surface area contributed by atoms with Crippen LogP contribution in [0.25, 0.3) is 0 Å². The molecular formula is C18H31NO4. The third kappa shape index (κ3) is 2.23. The summed E-state index contributed by atoms with van der Waals surface area (Å²) in [5.74, 6) is 0.422. The Bertz CT molecular complexity index is 510. The molecular weight excluding hydrogens is 294 g/mol. The van der Waals surface area contributed by atoms with Gasteiger partial charge in [-0.15, -0.1) is 0 Å². The lowest BCUT2D eigenvalue weighted by molar-refractivity contribution is -0.0990. The Morgan fingerprint density at radius 1 is 1.35 bits per heavy atom. The second-order valence-corrected chi connectivity index (χ2v) is 9.35. The fourth-order valence-corrected chi connectivity index (χ4v) is 5.15. The maximum absolute atomic E-state index is 12.9. The van der Waals surface area contributed by atoms with Crippen LogP contribution in [0.1, 0.15) is 61.3 Å². The van der Waals surface area contributed by atoms with Crippen LogP contribution in [0.15, 0.2) is 0 Å². The molecule has 1 amide bonds. The lowest BCUT2D eigenvalue weighted by Crippen LogP contribution is -2.54. The maximum atomic E-state index is 12.9. The highest BCUT2D eigenvalue weighted by molar-refractivity contribution is 5.70. The summed E-state index contributed by atoms with van der Waals surface area (Å²) in [6.45, 7) is 14.1. The van der Waals surface area contributed by atoms with Crippen molar-refractivity contribution in [1.29, 1.82) is 0 Å². The predicted octanol–water partition coefficient (Wildman–Crippen LogP) is 3.15. The Labute approximate surface area is 139 Å². The van der Waals surface area contributed by atoms with Gasteiger partial charge in [-0.1, -0.05) is 20.8 Å². The van der Waals surface area contributed by atoms with Crippen molar-refractivity contribution in [3.63, 3.8) is 0 Å². The molecule has 1 heterocycles. The Kier molecular flexibility index (Phi) is 3.59. The van der Waals surface area contributed by atoms with Crippen LogP contribution in [-0.2, 0) is 9.47 Å². The molecule has 3 aliphatic rings. The van der Waals surface area contributed by atoms with Crippen LogP contribution in [0.5, 0.6) is 0 Å². The normalized spacial score (nSPS) is 42.7. The highest BCUT2D eigenvalue weighted by Crippen LogP contribution is 2.69. The average Bonchev–Trinajstić information content (AvgIpc) is 2.91. The molecule has 1 N–H and O–H groups in total. The summed E-state index contributed by atoms with van der Waals surface area (Å²) < 4.78 is 11.8. The van der Waals surface area contributed by atoms with E-state index in [-0.39, 0.29) is 29.1 Å². The van der Waals surface area contributed by atoms with Gasteiger partial charge in [0.25, 0.3) is 0 Å². The Morgan fingerprint density at radius 2 is 1.96 bits per heavy atom. The molecule has 3 fully saturated rings. The monoisotopic (exact) mass is 325 g/mol. The van der Waals surface area contributed by atoms with E-state index in [4.69, 9.17) is 9.47 Å². The zero-order valence-electron chi connectivity index (χ0n) is 15.4. The van der Waals surface area contributed by atoms with Gasteiger partial charge in [0.15, 0.2) is 6.23 Å². The first-order chi connectivity index (χ1) is 10.4. The minimum atomic E-state index is -0.737. The number of nitrogens with zero attached hydrogens (tertiary/aromatic N) is 1. The van der Waals surface area contributed by atoms with Crippen LogP contribution in [-0.4, -0.2) is 46.2 Å². The molecule has 2 bridgehead atoms. The van der Waals surface area contributed by atoms with Crippen LogP contribution >= 0.6 is 0 Å². The summed E-state index contributed by atoms with van der Waals surface area (Å²) in [5.41, 5.74) is -0.457. The molecule has 3 rings (SSSR count). The number of amides is 1. The lowest BCUT2D eigenvalue weighted by atomic mass is 9.69. The average molecular weight is 325 g/mol. The SMILES string of the molecule is CC(O)[C@@H]1O[C@@H]2[C@H]3CC[C@@](C)([C@@H]2N1C(=O)OC(C)(C)C)C3(C)C. The zero-order chi connectivity index (χ0) is 17.4. The molecule has 0 aromatic heterocycles. The molecule has 0 spiro atoms. The van der Waals surface area contributed by atoms with E-state index in [1.165, 1.54) is 0 Å². The van der Waals surface area contributed by atoms with Gasteiger partial charge >= 0.3 is 6.09 Å². The van der Waals surface area contributed by atoms with E-state index < -0.39 is 17.9 Å². The van der Waals surface area contributed by atoms with Crippen molar-refractivity contribution in [3.8, 4) is 0 Å². The highest BCUT2D eigenvalue weighted by atomic mass is 16.6. The van der Waals surface area contributed by atoms with Crippen LogP contribution < -0.4 is 0 Å². The van der Waals surface area contributed by atoms with Gasteiger partial charge in [0, 0.05) is 0 Å². The third-order valence-electron chi connectivity index (χ3n) is 6.62. The van der Waals surface area contributed by atoms with Gasteiger partial charge in [-0.05, 0) is 57.3 Å². The predicted molar refractivity (Wildman–Crippen MR) is 86.8 cm³/mol. The largest absolute Gasteiger partial charge is 0.444 e. The smallest absolute Gasteiger partial charge is 0.412 e. The topological polar surface area (TPSA) is 59.0 Å². The van der Waals surface area contributed by atoms with Gasteiger partial charge in [0.05, 0.1) is 18.2 Å². The lowest BCUT2D eigenvalue weighted by Gasteiger charge is -2.43. The molecule has 2 saturated carbocycles. The minimum Gasteiger partial charge on any atom is -0.444 e. The van der Waals surface area contributed by atoms with E-state index in [9.17, 15) is 9.90 Å². The van der Waals surface area contributed by atoms with Gasteiger partial charge in [0.1, 0.15) is 5.60 Å². The third-order valence-corrected chi connectivity index (χ3v) is 6.62. The van der Waals surface area contributed by atoms with Crippen molar-refractivity contribution in [2.45, 2.75) is 91.4 Å². The van der Waals surface area contributed by atoms with E-state index in [1.54, 1.807) is 11.8 Å². The molecule has 1 aliphatic heterocycles. The number of ether oxygens (including phenoxy) is 2. The van der Waals surface area contributed by atoms with Gasteiger partial charge in [-0.25, -0.2) is 4.79 Å². The number of carbonyl (C=O) groups is 1. The molecule has 5 nitrogen and oxygen atoms in total. The number of aliphatic hydroxyl groups is 1. The van der Waals surface area contributed by atoms with Gasteiger partial charge in [0.2, 0.25) is 0 Å². The number of rotatable bonds is 1. The number of hydrogen-bond acceptors (Lipinski definition) is 4. The first kappa shape index (κ1) is 17.0. The molecule has 6 atom stereocenters. The second-order valence-electron chi connectivity index (χ2n) is 9.35. The van der Waals surface area contributed by atoms with Gasteiger partial charge in [-0.3, -0.25) is 4.90 Å². The summed E-state index contributed by atoms with van der Waals surface area (Å²) in [6, 6.07) is -0.0225. The van der Waals surface area contributed by atoms with Gasteiger partial charge in [-0.2, -0.15) is 0 Å². The molecule has 0 aromatic rings. The summed E-state index contributed by atoms with van der Waals surface area (Å²) in [5, 5.41) is 10.2. The van der Waals surface area contributed by atoms with E-state index in [0.717, 1.165) is 12.8 Å². The van der Waals surface area contributed by atoms with Crippen molar-refractivity contribution in [2.75, 3.05) is 0 Å². The standard InChI is InChI=1S/C18H31NO4/c1-10(20)14-19(15(21)23-16(2,3)4)13-12(22-14)11-8-9-18(13,7)17(11,5)6/h10-14,20H,8-9H2,1-7H3/t10?,11-,12-,13-,14+,18+/m1/s1. The maximum Gasteiger partial charge on any atom is 0.412 e. The van der Waals surface area contributed by atoms with E-state index in [2.05, 4.69) is 20.8 Å². The summed E-state index contributed by atoms with van der Waals surface area (Å²) in [7, 11) is 0. The Balaban J connectivity index is 1.97. The molecule has 132 valence electrons. The van der Waals surface area contributed by atoms with Crippen molar-refractivity contribution < 1.29 is 19.4 Å². The van der Waals surface area contributed by atoms with E-state index in [1.807, 2.05) is 20.8 Å². The number of carbonyl (C=O) groups excluding carboxylic acids is 1. The molecule has 23 heavy (non-hydrogen) atoms. The van der Waals surface area contributed by atoms with Crippen molar-refractivity contribution in [3.05, 3.63) is 0 Å². The quantitative estimate of drug-likeness (QED) is 0.804. The van der Waals surface area contributed by atoms with Crippen molar-refractivity contribution in [2.24, 2.45) is 16.7 Å².